The molecule has 2 aliphatic rings. The Kier molecular flexibility index (Phi) is 4.52. The lowest BCUT2D eigenvalue weighted by molar-refractivity contribution is 0.00578. The van der Waals surface area contributed by atoms with Crippen molar-refractivity contribution < 1.29 is 9.31 Å². The molecule has 2 heterocycles. The van der Waals surface area contributed by atoms with E-state index in [4.69, 9.17) is 9.31 Å². The smallest absolute Gasteiger partial charge is 0.409 e. The van der Waals surface area contributed by atoms with E-state index in [0.29, 0.717) is 5.82 Å². The van der Waals surface area contributed by atoms with E-state index in [0.717, 1.165) is 12.7 Å². The molecule has 0 bridgehead atoms. The van der Waals surface area contributed by atoms with Crippen molar-refractivity contribution in [1.29, 1.82) is 0 Å². The molecule has 4 nitrogen and oxygen atoms in total. The third kappa shape index (κ3) is 3.26. The van der Waals surface area contributed by atoms with E-state index < -0.39 is 0 Å². The lowest BCUT2D eigenvalue weighted by Crippen LogP contribution is -2.43. The van der Waals surface area contributed by atoms with Gasteiger partial charge in [0.1, 0.15) is 0 Å². The Balaban J connectivity index is 1.56. The summed E-state index contributed by atoms with van der Waals surface area (Å²) >= 11 is 0. The first-order valence-corrected chi connectivity index (χ1v) is 9.82. The fraction of sp³-hybridized carbons (Fsp3) is 0.429. The highest BCUT2D eigenvalue weighted by Gasteiger charge is 2.52. The Hall–Kier alpha value is -1.91. The molecular formula is C21H28B2N2O2. The quantitative estimate of drug-likeness (QED) is 0.567. The molecule has 0 saturated carbocycles. The molecule has 0 radical (unpaired) electrons. The molecule has 2 aromatic carbocycles. The molecule has 4 rings (SSSR count). The summed E-state index contributed by atoms with van der Waals surface area (Å²) in [6.45, 7) is 12.5. The van der Waals surface area contributed by atoms with Crippen molar-refractivity contribution in [3.8, 4) is 0 Å². The van der Waals surface area contributed by atoms with Gasteiger partial charge in [-0.05, 0) is 63.8 Å². The fourth-order valence-electron chi connectivity index (χ4n) is 4.08. The Morgan fingerprint density at radius 2 is 1.56 bits per heavy atom. The summed E-state index contributed by atoms with van der Waals surface area (Å²) in [6, 6.07) is 12.8. The largest absolute Gasteiger partial charge is 0.457 e. The minimum Gasteiger partial charge on any atom is -0.409 e. The second-order valence-electron chi connectivity index (χ2n) is 8.68. The minimum absolute atomic E-state index is 0.0996. The molecule has 0 aromatic heterocycles. The van der Waals surface area contributed by atoms with E-state index in [2.05, 4.69) is 81.1 Å². The molecule has 0 spiro atoms. The van der Waals surface area contributed by atoms with Gasteiger partial charge in [-0.15, -0.1) is 6.58 Å². The molecular weight excluding hydrogens is 334 g/mol. The van der Waals surface area contributed by atoms with E-state index in [1.165, 1.54) is 22.1 Å². The van der Waals surface area contributed by atoms with Crippen molar-refractivity contribution in [1.82, 2.24) is 0 Å². The van der Waals surface area contributed by atoms with Gasteiger partial charge in [0.25, 0.3) is 0 Å². The molecule has 0 aliphatic carbocycles. The summed E-state index contributed by atoms with van der Waals surface area (Å²) in [5, 5.41) is 9.88. The summed E-state index contributed by atoms with van der Waals surface area (Å²) < 4.78 is 12.5. The number of nitrogens with one attached hydrogen (secondary N) is 2. The second kappa shape index (κ2) is 6.61. The first kappa shape index (κ1) is 18.5. The molecule has 140 valence electrons. The maximum absolute atomic E-state index is 6.25. The highest BCUT2D eigenvalue weighted by molar-refractivity contribution is 6.70. The van der Waals surface area contributed by atoms with Crippen LogP contribution in [0.3, 0.4) is 0 Å². The van der Waals surface area contributed by atoms with Crippen molar-refractivity contribution in [2.24, 2.45) is 0 Å². The van der Waals surface area contributed by atoms with Gasteiger partial charge in [-0.1, -0.05) is 30.3 Å². The molecule has 2 aliphatic heterocycles. The molecule has 27 heavy (non-hydrogen) atoms. The van der Waals surface area contributed by atoms with Gasteiger partial charge in [0.05, 0.1) is 11.2 Å². The minimum atomic E-state index is -0.304. The number of anilines is 2. The van der Waals surface area contributed by atoms with Gasteiger partial charge in [0.15, 0.2) is 0 Å². The third-order valence-corrected chi connectivity index (χ3v) is 6.26. The fourth-order valence-corrected chi connectivity index (χ4v) is 4.08. The summed E-state index contributed by atoms with van der Waals surface area (Å²) in [6.07, 6.45) is 3.68. The van der Waals surface area contributed by atoms with E-state index in [1.807, 2.05) is 6.08 Å². The predicted molar refractivity (Wildman–Crippen MR) is 116 cm³/mol. The zero-order chi connectivity index (χ0) is 19.2. The van der Waals surface area contributed by atoms with Crippen LogP contribution >= 0.6 is 0 Å². The van der Waals surface area contributed by atoms with Crippen molar-refractivity contribution in [2.75, 3.05) is 10.5 Å². The molecule has 1 saturated heterocycles. The predicted octanol–water partition coefficient (Wildman–Crippen LogP) is 5.20. The van der Waals surface area contributed by atoms with Gasteiger partial charge in [0.2, 0.25) is 0 Å². The van der Waals surface area contributed by atoms with Crippen LogP contribution in [0.15, 0.2) is 49.1 Å². The average Bonchev–Trinajstić information content (AvgIpc) is 2.81. The average molecular weight is 362 g/mol. The molecule has 2 N–H and O–H groups in total. The Morgan fingerprint density at radius 1 is 1.00 bits per heavy atom. The maximum atomic E-state index is 6.25. The van der Waals surface area contributed by atoms with Crippen LogP contribution in [0.25, 0.3) is 10.8 Å². The van der Waals surface area contributed by atoms with Gasteiger partial charge in [-0.3, -0.25) is 0 Å². The van der Waals surface area contributed by atoms with Crippen molar-refractivity contribution >= 4 is 36.2 Å². The number of hydrogen-bond acceptors (Lipinski definition) is 4. The van der Waals surface area contributed by atoms with Gasteiger partial charge < -0.3 is 19.8 Å². The van der Waals surface area contributed by atoms with Crippen LogP contribution in [0.1, 0.15) is 34.1 Å². The van der Waals surface area contributed by atoms with Crippen LogP contribution in [0, 0.1) is 0 Å². The van der Waals surface area contributed by atoms with E-state index >= 15 is 0 Å². The van der Waals surface area contributed by atoms with Crippen LogP contribution in [0.2, 0.25) is 12.1 Å². The van der Waals surface area contributed by atoms with Crippen molar-refractivity contribution in [3.63, 3.8) is 0 Å². The highest BCUT2D eigenvalue weighted by atomic mass is 16.7. The zero-order valence-corrected chi connectivity index (χ0v) is 16.7. The lowest BCUT2D eigenvalue weighted by Gasteiger charge is -2.32. The SMILES string of the molecule is C=CCC(CB1OC(C)(C)C(C)(C)O1)B1Nc2cccc3cccc(c23)N1. The molecule has 6 heteroatoms. The number of rotatable bonds is 5. The van der Waals surface area contributed by atoms with E-state index in [9.17, 15) is 0 Å². The Morgan fingerprint density at radius 3 is 2.07 bits per heavy atom. The number of benzene rings is 2. The molecule has 1 atom stereocenters. The second-order valence-corrected chi connectivity index (χ2v) is 8.68. The van der Waals surface area contributed by atoms with Crippen LogP contribution in [-0.4, -0.2) is 25.3 Å². The number of allylic oxidation sites excluding steroid dienone is 1. The summed E-state index contributed by atoms with van der Waals surface area (Å²) in [4.78, 5) is 0. The summed E-state index contributed by atoms with van der Waals surface area (Å²) in [5.41, 5.74) is 1.74. The van der Waals surface area contributed by atoms with Crippen LogP contribution in [0.5, 0.6) is 0 Å². The van der Waals surface area contributed by atoms with Crippen LogP contribution in [0.4, 0.5) is 11.4 Å². The van der Waals surface area contributed by atoms with E-state index in [-0.39, 0.29) is 25.3 Å². The van der Waals surface area contributed by atoms with Gasteiger partial charge in [-0.2, -0.15) is 0 Å². The lowest BCUT2D eigenvalue weighted by atomic mass is 9.53. The molecule has 0 amide bonds. The van der Waals surface area contributed by atoms with Crippen molar-refractivity contribution in [2.45, 2.75) is 57.5 Å². The van der Waals surface area contributed by atoms with Crippen LogP contribution < -0.4 is 10.5 Å². The summed E-state index contributed by atoms with van der Waals surface area (Å²) in [7, 11) is -0.212. The normalized spacial score (nSPS) is 20.9. The van der Waals surface area contributed by atoms with Crippen LogP contribution in [-0.2, 0) is 9.31 Å². The van der Waals surface area contributed by atoms with Gasteiger partial charge in [-0.25, -0.2) is 0 Å². The van der Waals surface area contributed by atoms with Crippen molar-refractivity contribution in [3.05, 3.63) is 49.1 Å². The third-order valence-electron chi connectivity index (χ3n) is 6.26. The highest BCUT2D eigenvalue weighted by Crippen LogP contribution is 2.42. The summed E-state index contributed by atoms with van der Waals surface area (Å²) in [5.74, 6) is 0.292. The zero-order valence-electron chi connectivity index (χ0n) is 16.7. The van der Waals surface area contributed by atoms with Gasteiger partial charge in [0, 0.05) is 16.8 Å². The molecule has 2 aromatic rings. The van der Waals surface area contributed by atoms with E-state index in [1.54, 1.807) is 0 Å². The number of hydrogen-bond donors (Lipinski definition) is 2. The maximum Gasteiger partial charge on any atom is 0.457 e. The Labute approximate surface area is 163 Å². The monoisotopic (exact) mass is 362 g/mol. The standard InChI is InChI=1S/C21H28B2N2O2/c1-6-9-16(14-22-26-20(2,3)21(4,5)27-22)23-24-17-12-7-10-15-11-8-13-18(25-23)19(15)17/h6-8,10-13,16,24-25H,1,9,14H2,2-5H3. The first-order chi connectivity index (χ1) is 12.8. The molecule has 1 unspecified atom stereocenters. The first-order valence-electron chi connectivity index (χ1n) is 9.82. The van der Waals surface area contributed by atoms with Gasteiger partial charge >= 0.3 is 14.1 Å². The Bertz CT molecular complexity index is 812. The molecule has 1 fully saturated rings. The topological polar surface area (TPSA) is 42.5 Å².